The van der Waals surface area contributed by atoms with Gasteiger partial charge in [-0.1, -0.05) is 69.6 Å². The van der Waals surface area contributed by atoms with E-state index in [-0.39, 0.29) is 125 Å². The van der Waals surface area contributed by atoms with Crippen molar-refractivity contribution in [3.05, 3.63) is 145 Å². The predicted molar refractivity (Wildman–Crippen MR) is 451 cm³/mol. The van der Waals surface area contributed by atoms with Gasteiger partial charge in [0.2, 0.25) is 23.6 Å². The standard InChI is InChI=1S/C21H22FN3O3S.C18H16FN3O2S.C16H14FN3OS.C11H7FN2S.C10H17NO4.4H2S/c1-21(2,3)28-20(27)25-9-8-13(11-25)18(26)24-19-23-16-7-4-12-10-14(22)5-6-15(12)17(16)29-19;1-10(23)22-7-6-12(9-22)17(24)21-18-20-15-5-2-11-8-13(19)3-4-14(11)16(15)25-18;17-11-2-3-12-9(7-11)1-4-13-14(12)22-16(19-13)20-15(21)10-5-6-18-8-10;12-7-2-3-8-6(5-7)1-4-9-10(8)15-11(13)14-9;1-10(2,3)15-9(14)11-5-4-7(6-11)8(12)13;;;;/h4-7,10,13H,8-9,11H2,1-3H3,(H,23,24,26);2-5,8,12H,6-7,9H2,1H3,(H,20,21,24);1-4,7,10,18H,5-6,8H2,(H,19,20,21);1-5H,(H2,13,14);7H,4-6H2,1-3H3,(H,12,13);4*1H2/t13-;12-;10-;;7-;;;;/m000.0..../s1. The van der Waals surface area contributed by atoms with E-state index in [0.29, 0.717) is 72.5 Å². The Morgan fingerprint density at radius 1 is 0.455 bits per heavy atom. The van der Waals surface area contributed by atoms with Crippen molar-refractivity contribution in [3.8, 4) is 0 Å². The number of thiazole rings is 4. The molecule has 4 saturated heterocycles. The molecule has 110 heavy (non-hydrogen) atoms. The number of benzene rings is 8. The van der Waals surface area contributed by atoms with Crippen LogP contribution < -0.4 is 27.0 Å². The fourth-order valence-electron chi connectivity index (χ4n) is 12.6. The van der Waals surface area contributed by atoms with Crippen molar-refractivity contribution in [2.75, 3.05) is 74.0 Å². The lowest BCUT2D eigenvalue weighted by Gasteiger charge is -2.24. The molecule has 4 fully saturated rings. The highest BCUT2D eigenvalue weighted by atomic mass is 32.1. The molecule has 584 valence electrons. The second-order valence-corrected chi connectivity index (χ2v) is 32.0. The highest BCUT2D eigenvalue weighted by molar-refractivity contribution is 7.59. The smallest absolute Gasteiger partial charge is 0.410 e. The van der Waals surface area contributed by atoms with E-state index >= 15 is 0 Å². The molecular formula is C76H84F4N12O10S8. The van der Waals surface area contributed by atoms with E-state index in [1.807, 2.05) is 69.3 Å². The number of halogens is 4. The number of nitrogens with two attached hydrogens (primary N) is 1. The number of hydrogen-bond acceptors (Lipinski definition) is 19. The van der Waals surface area contributed by atoms with Gasteiger partial charge in [0.15, 0.2) is 20.5 Å². The molecule has 12 aromatic rings. The SMILES string of the molecule is CC(=O)N1CC[C@H](C(=O)Nc2nc3ccc4cc(F)ccc4c3s2)C1.CC(C)(C)OC(=O)N1CC[C@H](C(=O)Nc2nc3ccc4cc(F)ccc4c3s2)C1.CC(C)(C)OC(=O)N1CC[C@H](C(=O)O)C1.Nc1nc2ccc3cc(F)ccc3c2s1.O=C(Nc1nc2ccc3cc(F)ccc3c2s1)[C@H]1CCNC1.S.S.S.S. The van der Waals surface area contributed by atoms with E-state index < -0.39 is 35.3 Å². The number of fused-ring (bicyclic) bond motifs is 12. The number of carboxylic acids is 1. The van der Waals surface area contributed by atoms with Crippen LogP contribution in [0.4, 0.5) is 47.7 Å². The fraction of sp³-hybridized carbons (Fsp3) is 0.329. The number of likely N-dealkylation sites (tertiary alicyclic amines) is 3. The molecular weight excluding hydrogens is 1570 g/mol. The lowest BCUT2D eigenvalue weighted by atomic mass is 10.1. The molecule has 4 atom stereocenters. The first kappa shape index (κ1) is 86.7. The molecule has 16 rings (SSSR count). The Morgan fingerprint density at radius 2 is 0.773 bits per heavy atom. The van der Waals surface area contributed by atoms with Crippen molar-refractivity contribution in [3.63, 3.8) is 0 Å². The highest BCUT2D eigenvalue weighted by Crippen LogP contribution is 2.38. The fourth-order valence-corrected chi connectivity index (χ4v) is 16.5. The molecule has 4 aliphatic heterocycles. The van der Waals surface area contributed by atoms with Crippen molar-refractivity contribution < 1.29 is 65.7 Å². The molecule has 0 bridgehead atoms. The molecule has 4 aliphatic rings. The van der Waals surface area contributed by atoms with Crippen LogP contribution >= 0.6 is 99.3 Å². The summed E-state index contributed by atoms with van der Waals surface area (Å²) in [5.41, 5.74) is 7.78. The van der Waals surface area contributed by atoms with E-state index in [1.54, 1.807) is 54.8 Å². The third kappa shape index (κ3) is 21.4. The van der Waals surface area contributed by atoms with Gasteiger partial charge in [-0.25, -0.2) is 47.1 Å². The summed E-state index contributed by atoms with van der Waals surface area (Å²) in [5.74, 6) is -3.10. The van der Waals surface area contributed by atoms with Gasteiger partial charge in [0.1, 0.15) is 34.5 Å². The van der Waals surface area contributed by atoms with Gasteiger partial charge in [-0.2, -0.15) is 54.0 Å². The molecule has 0 radical (unpaired) electrons. The first-order valence-corrected chi connectivity index (χ1v) is 37.5. The van der Waals surface area contributed by atoms with Crippen LogP contribution in [0.25, 0.3) is 84.0 Å². The Kier molecular flexibility index (Phi) is 29.1. The van der Waals surface area contributed by atoms with E-state index in [2.05, 4.69) is 41.2 Å². The summed E-state index contributed by atoms with van der Waals surface area (Å²) in [7, 11) is 0. The Bertz CT molecular complexity index is 5400. The minimum Gasteiger partial charge on any atom is -0.481 e. The summed E-state index contributed by atoms with van der Waals surface area (Å²) >= 11 is 5.61. The number of carbonyl (C=O) groups is 7. The van der Waals surface area contributed by atoms with E-state index in [9.17, 15) is 51.1 Å². The van der Waals surface area contributed by atoms with Gasteiger partial charge >= 0.3 is 18.2 Å². The number of aromatic nitrogens is 4. The second kappa shape index (κ2) is 37.0. The van der Waals surface area contributed by atoms with Crippen molar-refractivity contribution in [2.24, 2.45) is 23.7 Å². The number of nitrogens with zero attached hydrogens (tertiary/aromatic N) is 7. The number of carboxylic acid groups (broad SMARTS) is 1. The number of ether oxygens (including phenoxy) is 2. The normalized spacial score (nSPS) is 16.6. The monoisotopic (exact) mass is 1660 g/mol. The van der Waals surface area contributed by atoms with Gasteiger partial charge in [-0.05, 0) is 192 Å². The lowest BCUT2D eigenvalue weighted by Crippen LogP contribution is -2.36. The number of rotatable bonds is 7. The van der Waals surface area contributed by atoms with Crippen molar-refractivity contribution >= 4 is 246 Å². The summed E-state index contributed by atoms with van der Waals surface area (Å²) in [6, 6.07) is 33.5. The molecule has 34 heteroatoms. The van der Waals surface area contributed by atoms with Crippen LogP contribution in [0, 0.1) is 46.9 Å². The quantitative estimate of drug-likeness (QED) is 0.0808. The number of nitrogen functional groups attached to an aromatic ring is 1. The Balaban J connectivity index is 0.000000175. The summed E-state index contributed by atoms with van der Waals surface area (Å²) in [6.07, 6.45) is 1.79. The molecule has 8 aromatic carbocycles. The summed E-state index contributed by atoms with van der Waals surface area (Å²) < 4.78 is 67.5. The molecule has 7 N–H and O–H groups in total. The predicted octanol–water partition coefficient (Wildman–Crippen LogP) is 16.3. The van der Waals surface area contributed by atoms with Gasteiger partial charge in [0.05, 0.1) is 64.5 Å². The maximum Gasteiger partial charge on any atom is 0.410 e. The molecule has 0 unspecified atom stereocenters. The molecule has 8 heterocycles. The third-order valence-corrected chi connectivity index (χ3v) is 21.9. The van der Waals surface area contributed by atoms with E-state index in [1.165, 1.54) is 106 Å². The van der Waals surface area contributed by atoms with E-state index in [0.717, 1.165) is 103 Å². The van der Waals surface area contributed by atoms with Gasteiger partial charge in [-0.15, -0.1) is 0 Å². The zero-order valence-corrected chi connectivity index (χ0v) is 68.1. The van der Waals surface area contributed by atoms with Gasteiger partial charge < -0.3 is 56.3 Å². The van der Waals surface area contributed by atoms with Crippen molar-refractivity contribution in [2.45, 2.75) is 85.4 Å². The molecule has 0 spiro atoms. The number of nitrogens with one attached hydrogen (secondary N) is 4. The van der Waals surface area contributed by atoms with Crippen LogP contribution in [0.15, 0.2) is 121 Å². The summed E-state index contributed by atoms with van der Waals surface area (Å²) in [6.45, 7) is 16.5. The maximum absolute atomic E-state index is 13.5. The molecule has 22 nitrogen and oxygen atoms in total. The minimum atomic E-state index is -0.846. The van der Waals surface area contributed by atoms with Crippen LogP contribution in [0.1, 0.15) is 74.1 Å². The Hall–Kier alpha value is -8.87. The summed E-state index contributed by atoms with van der Waals surface area (Å²) in [5, 5.41) is 29.9. The zero-order valence-electron chi connectivity index (χ0n) is 60.8. The average Bonchev–Trinajstić information content (AvgIpc) is 1.62. The number of anilines is 4. The number of amides is 6. The van der Waals surface area contributed by atoms with E-state index in [4.69, 9.17) is 20.3 Å². The lowest BCUT2D eigenvalue weighted by molar-refractivity contribution is -0.141. The van der Waals surface area contributed by atoms with Crippen molar-refractivity contribution in [1.29, 1.82) is 0 Å². The second-order valence-electron chi connectivity index (χ2n) is 28.0. The average molecular weight is 1660 g/mol. The zero-order chi connectivity index (χ0) is 75.5. The number of carbonyl (C=O) groups excluding carboxylic acids is 6. The number of aliphatic carboxylic acids is 1. The topological polar surface area (TPSA) is 294 Å². The molecule has 4 aromatic heterocycles. The largest absolute Gasteiger partial charge is 0.481 e. The first-order chi connectivity index (χ1) is 50.4. The Labute approximate surface area is 674 Å². The first-order valence-electron chi connectivity index (χ1n) is 34.2. The van der Waals surface area contributed by atoms with Crippen LogP contribution in [0.5, 0.6) is 0 Å². The summed E-state index contributed by atoms with van der Waals surface area (Å²) in [4.78, 5) is 105. The van der Waals surface area contributed by atoms with Crippen LogP contribution in [0.3, 0.4) is 0 Å². The third-order valence-electron chi connectivity index (χ3n) is 17.9. The molecule has 0 aliphatic carbocycles. The highest BCUT2D eigenvalue weighted by Gasteiger charge is 2.36. The van der Waals surface area contributed by atoms with Gasteiger partial charge in [-0.3, -0.25) is 24.0 Å². The number of hydrogen-bond donors (Lipinski definition) is 6. The Morgan fingerprint density at radius 3 is 1.09 bits per heavy atom. The van der Waals surface area contributed by atoms with Crippen molar-refractivity contribution in [1.82, 2.24) is 40.0 Å². The van der Waals surface area contributed by atoms with Crippen LogP contribution in [-0.2, 0) is 33.4 Å². The molecule has 6 amide bonds. The van der Waals surface area contributed by atoms with Crippen LogP contribution in [-0.4, -0.2) is 145 Å². The molecule has 0 saturated carbocycles. The minimum absolute atomic E-state index is 0. The maximum atomic E-state index is 13.5. The van der Waals surface area contributed by atoms with Crippen LogP contribution in [0.2, 0.25) is 0 Å². The van der Waals surface area contributed by atoms with Gasteiger partial charge in [0.25, 0.3) is 0 Å². The van der Waals surface area contributed by atoms with Gasteiger partial charge in [0, 0.05) is 74.3 Å².